The van der Waals surface area contributed by atoms with Crippen molar-refractivity contribution in [3.63, 3.8) is 0 Å². The highest BCUT2D eigenvalue weighted by molar-refractivity contribution is 5.94. The molecular weight excluding hydrogens is 310 g/mol. The van der Waals surface area contributed by atoms with E-state index in [0.717, 1.165) is 44.6 Å². The van der Waals surface area contributed by atoms with E-state index >= 15 is 0 Å². The summed E-state index contributed by atoms with van der Waals surface area (Å²) in [6.07, 6.45) is 3.51. The molecule has 1 saturated heterocycles. The normalized spacial score (nSPS) is 27.5. The fourth-order valence-electron chi connectivity index (χ4n) is 5.07. The first-order chi connectivity index (χ1) is 11.8. The van der Waals surface area contributed by atoms with Crippen molar-refractivity contribution in [1.82, 2.24) is 15.5 Å². The van der Waals surface area contributed by atoms with Crippen LogP contribution in [0.25, 0.3) is 0 Å². The zero-order valence-corrected chi connectivity index (χ0v) is 16.2. The van der Waals surface area contributed by atoms with Crippen LogP contribution in [0.3, 0.4) is 0 Å². The van der Waals surface area contributed by atoms with Crippen LogP contribution in [-0.2, 0) is 6.54 Å². The van der Waals surface area contributed by atoms with Crippen LogP contribution in [0.5, 0.6) is 0 Å². The summed E-state index contributed by atoms with van der Waals surface area (Å²) < 4.78 is 0. The molecule has 1 aromatic carbocycles. The maximum Gasteiger partial charge on any atom is 0.254 e. The Balaban J connectivity index is 1.64. The molecule has 25 heavy (non-hydrogen) atoms. The van der Waals surface area contributed by atoms with Crippen molar-refractivity contribution >= 4 is 5.91 Å². The molecular formula is C21H33N3O. The summed E-state index contributed by atoms with van der Waals surface area (Å²) in [5, 5.41) is 6.52. The third-order valence-corrected chi connectivity index (χ3v) is 5.76. The van der Waals surface area contributed by atoms with E-state index in [-0.39, 0.29) is 5.91 Å². The van der Waals surface area contributed by atoms with Gasteiger partial charge in [0.05, 0.1) is 0 Å². The van der Waals surface area contributed by atoms with Crippen LogP contribution in [0.4, 0.5) is 0 Å². The predicted octanol–water partition coefficient (Wildman–Crippen LogP) is 3.04. The molecule has 2 bridgehead atoms. The van der Waals surface area contributed by atoms with Gasteiger partial charge in [-0.3, -0.25) is 4.79 Å². The molecule has 1 saturated carbocycles. The zero-order valence-electron chi connectivity index (χ0n) is 16.2. The number of carbonyl (C=O) groups excluding carboxylic acids is 1. The second kappa shape index (κ2) is 7.08. The highest BCUT2D eigenvalue weighted by Crippen LogP contribution is 2.52. The van der Waals surface area contributed by atoms with Crippen molar-refractivity contribution in [2.24, 2.45) is 10.8 Å². The molecule has 4 heteroatoms. The molecule has 2 aliphatic rings. The Morgan fingerprint density at radius 2 is 1.88 bits per heavy atom. The topological polar surface area (TPSA) is 44.4 Å². The molecule has 1 aliphatic heterocycles. The molecule has 2 atom stereocenters. The van der Waals surface area contributed by atoms with Gasteiger partial charge in [0, 0.05) is 37.8 Å². The number of rotatable bonds is 6. The summed E-state index contributed by atoms with van der Waals surface area (Å²) in [4.78, 5) is 15.2. The molecule has 0 radical (unpaired) electrons. The van der Waals surface area contributed by atoms with Gasteiger partial charge in [0.1, 0.15) is 0 Å². The van der Waals surface area contributed by atoms with E-state index in [1.165, 1.54) is 12.0 Å². The quantitative estimate of drug-likeness (QED) is 0.781. The number of hydrogen-bond donors (Lipinski definition) is 2. The highest BCUT2D eigenvalue weighted by atomic mass is 16.2. The Labute approximate surface area is 152 Å². The van der Waals surface area contributed by atoms with E-state index < -0.39 is 0 Å². The Bertz CT molecular complexity index is 610. The standard InChI is InChI=1S/C21H33N3O/c1-20(2)11-18-12-21(3,14-20)15-24(18)19(25)17-7-5-16(6-8-17)13-23-10-9-22-4/h5-8,18,22-23H,9-15H2,1-4H3. The summed E-state index contributed by atoms with van der Waals surface area (Å²) in [6, 6.07) is 8.55. The first kappa shape index (κ1) is 18.4. The number of nitrogens with zero attached hydrogens (tertiary/aromatic N) is 1. The minimum atomic E-state index is 0.209. The average Bonchev–Trinajstić information content (AvgIpc) is 2.80. The van der Waals surface area contributed by atoms with E-state index in [0.29, 0.717) is 16.9 Å². The van der Waals surface area contributed by atoms with E-state index in [1.807, 2.05) is 19.2 Å². The Hall–Kier alpha value is -1.39. The second-order valence-corrected chi connectivity index (χ2v) is 9.12. The number of carbonyl (C=O) groups is 1. The van der Waals surface area contributed by atoms with Gasteiger partial charge in [0.15, 0.2) is 0 Å². The molecule has 0 aromatic heterocycles. The van der Waals surface area contributed by atoms with Crippen LogP contribution in [0.1, 0.15) is 56.0 Å². The largest absolute Gasteiger partial charge is 0.335 e. The van der Waals surface area contributed by atoms with Gasteiger partial charge in [-0.1, -0.05) is 32.9 Å². The molecule has 1 aromatic rings. The van der Waals surface area contributed by atoms with Gasteiger partial charge in [0.2, 0.25) is 0 Å². The number of nitrogens with one attached hydrogen (secondary N) is 2. The monoisotopic (exact) mass is 343 g/mol. The van der Waals surface area contributed by atoms with Crippen molar-refractivity contribution in [2.75, 3.05) is 26.7 Å². The molecule has 1 heterocycles. The lowest BCUT2D eigenvalue weighted by molar-refractivity contribution is 0.0708. The zero-order chi connectivity index (χ0) is 18.1. The van der Waals surface area contributed by atoms with Crippen LogP contribution >= 0.6 is 0 Å². The highest BCUT2D eigenvalue weighted by Gasteiger charge is 2.50. The van der Waals surface area contributed by atoms with Gasteiger partial charge in [0.25, 0.3) is 5.91 Å². The van der Waals surface area contributed by atoms with Crippen LogP contribution in [0.2, 0.25) is 0 Å². The summed E-state index contributed by atoms with van der Waals surface area (Å²) in [6.45, 7) is 10.7. The molecule has 138 valence electrons. The molecule has 2 fully saturated rings. The van der Waals surface area contributed by atoms with Crippen LogP contribution in [0, 0.1) is 10.8 Å². The number of likely N-dealkylation sites (tertiary alicyclic amines) is 1. The van der Waals surface area contributed by atoms with Crippen LogP contribution in [-0.4, -0.2) is 43.5 Å². The van der Waals surface area contributed by atoms with E-state index in [2.05, 4.69) is 48.4 Å². The van der Waals surface area contributed by atoms with E-state index in [9.17, 15) is 4.79 Å². The summed E-state index contributed by atoms with van der Waals surface area (Å²) >= 11 is 0. The molecule has 4 nitrogen and oxygen atoms in total. The third kappa shape index (κ3) is 4.24. The molecule has 1 aliphatic carbocycles. The minimum absolute atomic E-state index is 0.209. The first-order valence-corrected chi connectivity index (χ1v) is 9.57. The number of amides is 1. The molecule has 3 rings (SSSR count). The fourth-order valence-corrected chi connectivity index (χ4v) is 5.07. The summed E-state index contributed by atoms with van der Waals surface area (Å²) in [7, 11) is 1.96. The van der Waals surface area contributed by atoms with Crippen molar-refractivity contribution in [3.8, 4) is 0 Å². The number of benzene rings is 1. The maximum absolute atomic E-state index is 13.1. The van der Waals surface area contributed by atoms with Gasteiger partial charge in [-0.2, -0.15) is 0 Å². The summed E-state index contributed by atoms with van der Waals surface area (Å²) in [5.41, 5.74) is 2.68. The smallest absolute Gasteiger partial charge is 0.254 e. The molecule has 2 N–H and O–H groups in total. The van der Waals surface area contributed by atoms with Gasteiger partial charge in [-0.25, -0.2) is 0 Å². The predicted molar refractivity (Wildman–Crippen MR) is 103 cm³/mol. The van der Waals surface area contributed by atoms with E-state index in [4.69, 9.17) is 0 Å². The van der Waals surface area contributed by atoms with Crippen molar-refractivity contribution in [2.45, 2.75) is 52.6 Å². The molecule has 2 unspecified atom stereocenters. The number of fused-ring (bicyclic) bond motifs is 2. The average molecular weight is 344 g/mol. The van der Waals surface area contributed by atoms with Gasteiger partial charge in [-0.15, -0.1) is 0 Å². The lowest BCUT2D eigenvalue weighted by atomic mass is 9.65. The van der Waals surface area contributed by atoms with E-state index in [1.54, 1.807) is 0 Å². The fraction of sp³-hybridized carbons (Fsp3) is 0.667. The first-order valence-electron chi connectivity index (χ1n) is 9.57. The second-order valence-electron chi connectivity index (χ2n) is 9.12. The SMILES string of the molecule is CNCCNCc1ccc(C(=O)N2CC3(C)CC2CC(C)(C)C3)cc1. The lowest BCUT2D eigenvalue weighted by Crippen LogP contribution is -2.37. The summed E-state index contributed by atoms with van der Waals surface area (Å²) in [5.74, 6) is 0.209. The number of likely N-dealkylation sites (N-methyl/N-ethyl adjacent to an activating group) is 1. The maximum atomic E-state index is 13.1. The Morgan fingerprint density at radius 3 is 2.56 bits per heavy atom. The van der Waals surface area contributed by atoms with Gasteiger partial charge >= 0.3 is 0 Å². The molecule has 0 spiro atoms. The Kier molecular flexibility index (Phi) is 5.21. The minimum Gasteiger partial charge on any atom is -0.335 e. The Morgan fingerprint density at radius 1 is 1.16 bits per heavy atom. The molecule has 1 amide bonds. The van der Waals surface area contributed by atoms with Crippen molar-refractivity contribution < 1.29 is 4.79 Å². The lowest BCUT2D eigenvalue weighted by Gasteiger charge is -2.39. The number of hydrogen-bond acceptors (Lipinski definition) is 3. The van der Waals surface area contributed by atoms with Crippen molar-refractivity contribution in [1.29, 1.82) is 0 Å². The van der Waals surface area contributed by atoms with Gasteiger partial charge < -0.3 is 15.5 Å². The van der Waals surface area contributed by atoms with Crippen LogP contribution in [0.15, 0.2) is 24.3 Å². The van der Waals surface area contributed by atoms with Gasteiger partial charge in [-0.05, 0) is 54.8 Å². The van der Waals surface area contributed by atoms with Crippen molar-refractivity contribution in [3.05, 3.63) is 35.4 Å². The van der Waals surface area contributed by atoms with Crippen LogP contribution < -0.4 is 10.6 Å². The third-order valence-electron chi connectivity index (χ3n) is 5.76.